The van der Waals surface area contributed by atoms with Crippen molar-refractivity contribution in [2.24, 2.45) is 17.8 Å². The van der Waals surface area contributed by atoms with E-state index in [-0.39, 0.29) is 5.92 Å². The minimum atomic E-state index is 0.162. The first-order valence-corrected chi connectivity index (χ1v) is 4.44. The summed E-state index contributed by atoms with van der Waals surface area (Å²) in [4.78, 5) is 10.5. The quantitative estimate of drug-likeness (QED) is 0.596. The third-order valence-corrected chi connectivity index (χ3v) is 1.68. The molecule has 0 spiro atoms. The van der Waals surface area contributed by atoms with Crippen LogP contribution >= 0.6 is 0 Å². The van der Waals surface area contributed by atoms with Gasteiger partial charge in [-0.25, -0.2) is 0 Å². The molecule has 0 rings (SSSR count). The summed E-state index contributed by atoms with van der Waals surface area (Å²) >= 11 is 0. The Labute approximate surface area is 70.2 Å². The predicted molar refractivity (Wildman–Crippen MR) is 48.1 cm³/mol. The third kappa shape index (κ3) is 6.08. The summed E-state index contributed by atoms with van der Waals surface area (Å²) in [5.74, 6) is 1.38. The van der Waals surface area contributed by atoms with Gasteiger partial charge in [0.15, 0.2) is 0 Å². The summed E-state index contributed by atoms with van der Waals surface area (Å²) in [5.41, 5.74) is 0. The molecule has 0 aromatic heterocycles. The van der Waals surface area contributed by atoms with Crippen LogP contribution in [0.1, 0.15) is 40.5 Å². The van der Waals surface area contributed by atoms with Gasteiger partial charge in [0, 0.05) is 5.92 Å². The maximum atomic E-state index is 10.5. The van der Waals surface area contributed by atoms with Gasteiger partial charge in [0.25, 0.3) is 0 Å². The Morgan fingerprint density at radius 3 is 1.55 bits per heavy atom. The van der Waals surface area contributed by atoms with E-state index in [0.29, 0.717) is 11.8 Å². The van der Waals surface area contributed by atoms with Crippen molar-refractivity contribution >= 4 is 6.29 Å². The fourth-order valence-corrected chi connectivity index (χ4v) is 1.33. The van der Waals surface area contributed by atoms with E-state index in [9.17, 15) is 4.79 Å². The van der Waals surface area contributed by atoms with E-state index in [1.807, 2.05) is 0 Å². The SMILES string of the molecule is CC(C)CC([C]=O)CC(C)C. The van der Waals surface area contributed by atoms with Gasteiger partial charge in [0.05, 0.1) is 0 Å². The summed E-state index contributed by atoms with van der Waals surface area (Å²) in [6.45, 7) is 8.57. The molecule has 0 aromatic carbocycles. The van der Waals surface area contributed by atoms with Crippen LogP contribution in [0.3, 0.4) is 0 Å². The molecule has 0 heterocycles. The monoisotopic (exact) mass is 155 g/mol. The van der Waals surface area contributed by atoms with Crippen LogP contribution in [0, 0.1) is 17.8 Å². The zero-order chi connectivity index (χ0) is 8.85. The molecule has 0 aliphatic heterocycles. The van der Waals surface area contributed by atoms with E-state index in [4.69, 9.17) is 0 Å². The Morgan fingerprint density at radius 2 is 1.36 bits per heavy atom. The highest BCUT2D eigenvalue weighted by molar-refractivity contribution is 5.54. The molecule has 1 nitrogen and oxygen atoms in total. The van der Waals surface area contributed by atoms with Gasteiger partial charge in [-0.15, -0.1) is 0 Å². The summed E-state index contributed by atoms with van der Waals surface area (Å²) in [6, 6.07) is 0. The molecule has 0 aliphatic rings. The van der Waals surface area contributed by atoms with Crippen LogP contribution in [0.4, 0.5) is 0 Å². The maximum Gasteiger partial charge on any atom is 0.201 e. The van der Waals surface area contributed by atoms with E-state index < -0.39 is 0 Å². The summed E-state index contributed by atoms with van der Waals surface area (Å²) in [7, 11) is 0. The lowest BCUT2D eigenvalue weighted by Crippen LogP contribution is -2.08. The van der Waals surface area contributed by atoms with E-state index in [0.717, 1.165) is 12.8 Å². The van der Waals surface area contributed by atoms with Gasteiger partial charge in [0.1, 0.15) is 0 Å². The van der Waals surface area contributed by atoms with Crippen molar-refractivity contribution in [3.8, 4) is 0 Å². The number of hydrogen-bond donors (Lipinski definition) is 0. The number of rotatable bonds is 5. The average molecular weight is 155 g/mol. The second kappa shape index (κ2) is 5.34. The van der Waals surface area contributed by atoms with Crippen LogP contribution in [-0.4, -0.2) is 6.29 Å². The van der Waals surface area contributed by atoms with Crippen molar-refractivity contribution in [1.82, 2.24) is 0 Å². The van der Waals surface area contributed by atoms with E-state index in [2.05, 4.69) is 34.0 Å². The largest absolute Gasteiger partial charge is 0.291 e. The summed E-state index contributed by atoms with van der Waals surface area (Å²) < 4.78 is 0. The second-order valence-electron chi connectivity index (χ2n) is 4.07. The molecule has 0 N–H and O–H groups in total. The molecule has 0 fully saturated rings. The van der Waals surface area contributed by atoms with Crippen LogP contribution < -0.4 is 0 Å². The molecule has 0 saturated carbocycles. The fourth-order valence-electron chi connectivity index (χ4n) is 1.33. The zero-order valence-electron chi connectivity index (χ0n) is 8.05. The normalized spacial score (nSPS) is 11.5. The first-order valence-electron chi connectivity index (χ1n) is 4.44. The van der Waals surface area contributed by atoms with Crippen LogP contribution in [0.5, 0.6) is 0 Å². The number of hydrogen-bond acceptors (Lipinski definition) is 1. The van der Waals surface area contributed by atoms with Crippen LogP contribution in [-0.2, 0) is 4.79 Å². The third-order valence-electron chi connectivity index (χ3n) is 1.68. The lowest BCUT2D eigenvalue weighted by atomic mass is 9.91. The molecular weight excluding hydrogens is 136 g/mol. The van der Waals surface area contributed by atoms with E-state index >= 15 is 0 Å². The highest BCUT2D eigenvalue weighted by Gasteiger charge is 2.11. The molecule has 0 aliphatic carbocycles. The molecule has 1 radical (unpaired) electrons. The van der Waals surface area contributed by atoms with Crippen molar-refractivity contribution < 1.29 is 4.79 Å². The lowest BCUT2D eigenvalue weighted by molar-refractivity contribution is 0.398. The maximum absolute atomic E-state index is 10.5. The van der Waals surface area contributed by atoms with Crippen molar-refractivity contribution in [3.05, 3.63) is 0 Å². The van der Waals surface area contributed by atoms with E-state index in [1.54, 1.807) is 0 Å². The molecule has 0 atom stereocenters. The Kier molecular flexibility index (Phi) is 5.18. The molecule has 0 amide bonds. The Balaban J connectivity index is 3.67. The van der Waals surface area contributed by atoms with Gasteiger partial charge < -0.3 is 0 Å². The Bertz CT molecular complexity index is 95.4. The van der Waals surface area contributed by atoms with Gasteiger partial charge in [-0.1, -0.05) is 27.7 Å². The van der Waals surface area contributed by atoms with Crippen molar-refractivity contribution in [2.75, 3.05) is 0 Å². The van der Waals surface area contributed by atoms with Crippen LogP contribution in [0.15, 0.2) is 0 Å². The minimum absolute atomic E-state index is 0.162. The predicted octanol–water partition coefficient (Wildman–Crippen LogP) is 2.80. The second-order valence-corrected chi connectivity index (χ2v) is 4.07. The van der Waals surface area contributed by atoms with Crippen LogP contribution in [0.25, 0.3) is 0 Å². The first-order chi connectivity index (χ1) is 5.06. The van der Waals surface area contributed by atoms with Gasteiger partial charge in [-0.3, -0.25) is 4.79 Å². The molecule has 0 aromatic rings. The standard InChI is InChI=1S/C10H19O/c1-8(2)5-10(7-11)6-9(3)4/h8-10H,5-6H2,1-4H3. The molecule has 0 saturated heterocycles. The van der Waals surface area contributed by atoms with Crippen LogP contribution in [0.2, 0.25) is 0 Å². The smallest absolute Gasteiger partial charge is 0.201 e. The number of carbonyl (C=O) groups excluding carboxylic acids is 1. The zero-order valence-corrected chi connectivity index (χ0v) is 8.05. The fraction of sp³-hybridized carbons (Fsp3) is 0.900. The van der Waals surface area contributed by atoms with Gasteiger partial charge in [-0.05, 0) is 24.7 Å². The molecular formula is C10H19O. The topological polar surface area (TPSA) is 17.1 Å². The molecule has 0 bridgehead atoms. The first kappa shape index (κ1) is 10.7. The minimum Gasteiger partial charge on any atom is -0.291 e. The molecule has 11 heavy (non-hydrogen) atoms. The van der Waals surface area contributed by atoms with Gasteiger partial charge in [0.2, 0.25) is 6.29 Å². The average Bonchev–Trinajstić information content (AvgIpc) is 1.84. The lowest BCUT2D eigenvalue weighted by Gasteiger charge is -2.13. The molecule has 65 valence electrons. The molecule has 1 heteroatoms. The summed E-state index contributed by atoms with van der Waals surface area (Å²) in [6.07, 6.45) is 4.09. The van der Waals surface area contributed by atoms with Gasteiger partial charge >= 0.3 is 0 Å². The van der Waals surface area contributed by atoms with Crippen molar-refractivity contribution in [3.63, 3.8) is 0 Å². The Morgan fingerprint density at radius 1 is 1.00 bits per heavy atom. The van der Waals surface area contributed by atoms with Crippen molar-refractivity contribution in [2.45, 2.75) is 40.5 Å². The summed E-state index contributed by atoms with van der Waals surface area (Å²) in [5, 5.41) is 0. The molecule has 0 unspecified atom stereocenters. The van der Waals surface area contributed by atoms with Crippen molar-refractivity contribution in [1.29, 1.82) is 0 Å². The highest BCUT2D eigenvalue weighted by Crippen LogP contribution is 2.17. The van der Waals surface area contributed by atoms with Gasteiger partial charge in [-0.2, -0.15) is 0 Å². The Hall–Kier alpha value is -0.330. The van der Waals surface area contributed by atoms with E-state index in [1.165, 1.54) is 0 Å². The highest BCUT2D eigenvalue weighted by atomic mass is 16.1.